The number of nitrogens with one attached hydrogen (secondary N) is 2. The molecule has 3 saturated heterocycles. The van der Waals surface area contributed by atoms with Gasteiger partial charge in [0.1, 0.15) is 11.6 Å². The predicted molar refractivity (Wildman–Crippen MR) is 100 cm³/mol. The molecule has 0 aliphatic carbocycles. The largest absolute Gasteiger partial charge is 0.444 e. The third-order valence-electron chi connectivity index (χ3n) is 5.37. The van der Waals surface area contributed by atoms with E-state index in [1.54, 1.807) is 25.7 Å². The molecule has 0 aromatic carbocycles. The lowest BCUT2D eigenvalue weighted by Gasteiger charge is -2.34. The third kappa shape index (κ3) is 4.89. The molecule has 0 spiro atoms. The van der Waals surface area contributed by atoms with Crippen LogP contribution in [0.15, 0.2) is 0 Å². The number of piperidine rings is 2. The van der Waals surface area contributed by atoms with Gasteiger partial charge in [0.2, 0.25) is 0 Å². The summed E-state index contributed by atoms with van der Waals surface area (Å²) in [4.78, 5) is 51.6. The van der Waals surface area contributed by atoms with Crippen molar-refractivity contribution in [3.8, 4) is 0 Å². The monoisotopic (exact) mass is 411 g/mol. The minimum atomic E-state index is -0.768. The molecule has 3 aliphatic heterocycles. The van der Waals surface area contributed by atoms with Gasteiger partial charge in [0.25, 0.3) is 5.91 Å². The van der Waals surface area contributed by atoms with E-state index in [1.165, 1.54) is 4.90 Å². The molecule has 29 heavy (non-hydrogen) atoms. The first kappa shape index (κ1) is 21.2. The van der Waals surface area contributed by atoms with Crippen LogP contribution in [0.25, 0.3) is 0 Å². The van der Waals surface area contributed by atoms with Crippen LogP contribution < -0.4 is 10.6 Å². The Labute approximate surface area is 169 Å². The van der Waals surface area contributed by atoms with Gasteiger partial charge in [-0.15, -0.1) is 0 Å². The van der Waals surface area contributed by atoms with Crippen LogP contribution in [0.3, 0.4) is 0 Å². The van der Waals surface area contributed by atoms with Crippen LogP contribution in [-0.4, -0.2) is 87.5 Å². The normalized spacial score (nSPS) is 25.1. The molecule has 3 rings (SSSR count). The molecule has 3 heterocycles. The fraction of sp³-hybridized carbons (Fsp3) is 0.778. The van der Waals surface area contributed by atoms with E-state index in [9.17, 15) is 24.4 Å². The van der Waals surface area contributed by atoms with Crippen molar-refractivity contribution in [2.24, 2.45) is 0 Å². The van der Waals surface area contributed by atoms with E-state index in [4.69, 9.17) is 4.74 Å². The van der Waals surface area contributed by atoms with Gasteiger partial charge in [0, 0.05) is 25.7 Å². The number of ether oxygens (including phenoxy) is 1. The van der Waals surface area contributed by atoms with Crippen molar-refractivity contribution in [1.82, 2.24) is 25.5 Å². The minimum absolute atomic E-state index is 0.168. The summed E-state index contributed by atoms with van der Waals surface area (Å²) in [5, 5.41) is 15.4. The SMILES string of the molecule is CC(C)(C)OC(=O)N1CCC(NC(=O)NC(=O)C2CCC3CN2C(=O)N3O)CC1. The Kier molecular flexibility index (Phi) is 5.87. The molecule has 3 N–H and O–H groups in total. The Hall–Kier alpha value is -2.56. The molecule has 2 unspecified atom stereocenters. The highest BCUT2D eigenvalue weighted by Gasteiger charge is 2.47. The Morgan fingerprint density at radius 3 is 2.38 bits per heavy atom. The Balaban J connectivity index is 1.43. The molecule has 11 heteroatoms. The van der Waals surface area contributed by atoms with Crippen LogP contribution in [0.2, 0.25) is 0 Å². The Morgan fingerprint density at radius 1 is 1.10 bits per heavy atom. The molecular formula is C18H29N5O6. The molecule has 162 valence electrons. The topological polar surface area (TPSA) is 132 Å². The second-order valence-electron chi connectivity index (χ2n) is 8.73. The van der Waals surface area contributed by atoms with Gasteiger partial charge >= 0.3 is 18.2 Å². The summed E-state index contributed by atoms with van der Waals surface area (Å²) in [6, 6.07) is -2.47. The number of carbonyl (C=O) groups excluding carboxylic acids is 4. The first-order chi connectivity index (χ1) is 13.5. The number of hydroxylamine groups is 2. The van der Waals surface area contributed by atoms with E-state index in [2.05, 4.69) is 10.6 Å². The summed E-state index contributed by atoms with van der Waals surface area (Å²) in [6.07, 6.45) is 1.62. The van der Waals surface area contributed by atoms with Crippen molar-refractivity contribution < 1.29 is 29.1 Å². The standard InChI is InChI=1S/C18H29N5O6/c1-18(2,3)29-17(27)21-8-6-11(7-9-21)19-15(25)20-14(24)13-5-4-12-10-22(13)16(26)23(12)28/h11-13,28H,4-10H2,1-3H3,(H2,19,20,24,25). The van der Waals surface area contributed by atoms with Gasteiger partial charge in [0.15, 0.2) is 0 Å². The zero-order valence-electron chi connectivity index (χ0n) is 17.0. The van der Waals surface area contributed by atoms with E-state index < -0.39 is 29.6 Å². The van der Waals surface area contributed by atoms with Crippen molar-refractivity contribution >= 4 is 24.1 Å². The zero-order chi connectivity index (χ0) is 21.3. The van der Waals surface area contributed by atoms with Gasteiger partial charge in [-0.1, -0.05) is 0 Å². The molecule has 3 fully saturated rings. The number of imide groups is 1. The quantitative estimate of drug-likeness (QED) is 0.578. The van der Waals surface area contributed by atoms with Gasteiger partial charge in [-0.05, 0) is 46.5 Å². The lowest BCUT2D eigenvalue weighted by atomic mass is 10.0. The molecule has 11 nitrogen and oxygen atoms in total. The van der Waals surface area contributed by atoms with E-state index in [0.29, 0.717) is 43.8 Å². The zero-order valence-corrected chi connectivity index (χ0v) is 17.0. The summed E-state index contributed by atoms with van der Waals surface area (Å²) in [6.45, 7) is 6.60. The minimum Gasteiger partial charge on any atom is -0.444 e. The first-order valence-corrected chi connectivity index (χ1v) is 9.93. The Bertz CT molecular complexity index is 685. The molecule has 3 aliphatic rings. The molecule has 0 saturated carbocycles. The average Bonchev–Trinajstić information content (AvgIpc) is 2.85. The summed E-state index contributed by atoms with van der Waals surface area (Å²) in [5.41, 5.74) is -0.560. The molecule has 2 bridgehead atoms. The number of rotatable bonds is 2. The summed E-state index contributed by atoms with van der Waals surface area (Å²) >= 11 is 0. The second-order valence-corrected chi connectivity index (χ2v) is 8.73. The highest BCUT2D eigenvalue weighted by atomic mass is 16.6. The number of fused-ring (bicyclic) bond motifs is 2. The highest BCUT2D eigenvalue weighted by molar-refractivity contribution is 5.99. The maximum absolute atomic E-state index is 12.4. The van der Waals surface area contributed by atoms with Crippen molar-refractivity contribution in [2.75, 3.05) is 19.6 Å². The molecule has 6 amide bonds. The van der Waals surface area contributed by atoms with Crippen molar-refractivity contribution in [3.63, 3.8) is 0 Å². The van der Waals surface area contributed by atoms with Gasteiger partial charge in [-0.25, -0.2) is 19.4 Å². The summed E-state index contributed by atoms with van der Waals surface area (Å²) in [7, 11) is 0. The molecule has 0 aromatic rings. The third-order valence-corrected chi connectivity index (χ3v) is 5.37. The number of carbonyl (C=O) groups is 4. The van der Waals surface area contributed by atoms with Crippen LogP contribution in [0.5, 0.6) is 0 Å². The number of likely N-dealkylation sites (tertiary alicyclic amines) is 1. The fourth-order valence-electron chi connectivity index (χ4n) is 3.87. The smallest absolute Gasteiger partial charge is 0.410 e. The van der Waals surface area contributed by atoms with Crippen LogP contribution in [-0.2, 0) is 9.53 Å². The number of amides is 6. The second kappa shape index (κ2) is 8.05. The number of nitrogens with zero attached hydrogens (tertiary/aromatic N) is 3. The van der Waals surface area contributed by atoms with Gasteiger partial charge in [-0.2, -0.15) is 0 Å². The fourth-order valence-corrected chi connectivity index (χ4v) is 3.87. The van der Waals surface area contributed by atoms with Gasteiger partial charge in [-0.3, -0.25) is 15.3 Å². The van der Waals surface area contributed by atoms with E-state index in [-0.39, 0.29) is 24.7 Å². The molecule has 2 atom stereocenters. The van der Waals surface area contributed by atoms with Gasteiger partial charge < -0.3 is 19.9 Å². The molecule has 0 aromatic heterocycles. The van der Waals surface area contributed by atoms with Crippen molar-refractivity contribution in [3.05, 3.63) is 0 Å². The summed E-state index contributed by atoms with van der Waals surface area (Å²) < 4.78 is 5.34. The van der Waals surface area contributed by atoms with E-state index >= 15 is 0 Å². The number of hydrogen-bond acceptors (Lipinski definition) is 6. The highest BCUT2D eigenvalue weighted by Crippen LogP contribution is 2.28. The Morgan fingerprint density at radius 2 is 1.76 bits per heavy atom. The molecule has 0 radical (unpaired) electrons. The van der Waals surface area contributed by atoms with Crippen LogP contribution >= 0.6 is 0 Å². The first-order valence-electron chi connectivity index (χ1n) is 9.93. The van der Waals surface area contributed by atoms with Crippen molar-refractivity contribution in [1.29, 1.82) is 0 Å². The predicted octanol–water partition coefficient (Wildman–Crippen LogP) is 0.870. The van der Waals surface area contributed by atoms with Gasteiger partial charge in [0.05, 0.1) is 6.04 Å². The summed E-state index contributed by atoms with van der Waals surface area (Å²) in [5.74, 6) is -0.559. The number of hydrogen-bond donors (Lipinski definition) is 3. The average molecular weight is 411 g/mol. The van der Waals surface area contributed by atoms with Crippen molar-refractivity contribution in [2.45, 2.75) is 70.2 Å². The number of urea groups is 2. The lowest BCUT2D eigenvalue weighted by molar-refractivity contribution is -0.124. The van der Waals surface area contributed by atoms with E-state index in [0.717, 1.165) is 0 Å². The van der Waals surface area contributed by atoms with Crippen LogP contribution in [0.1, 0.15) is 46.5 Å². The van der Waals surface area contributed by atoms with Crippen LogP contribution in [0.4, 0.5) is 14.4 Å². The lowest BCUT2D eigenvalue weighted by Crippen LogP contribution is -2.55. The maximum Gasteiger partial charge on any atom is 0.410 e. The maximum atomic E-state index is 12.4. The molecular weight excluding hydrogens is 382 g/mol. The van der Waals surface area contributed by atoms with Crippen LogP contribution in [0, 0.1) is 0 Å². The van der Waals surface area contributed by atoms with E-state index in [1.807, 2.05) is 0 Å².